The fourth-order valence-corrected chi connectivity index (χ4v) is 1.30. The molecule has 7 heteroatoms. The van der Waals surface area contributed by atoms with Crippen LogP contribution < -0.4 is 10.5 Å². The van der Waals surface area contributed by atoms with Crippen LogP contribution in [0.4, 0.5) is 13.2 Å². The van der Waals surface area contributed by atoms with Gasteiger partial charge in [0.15, 0.2) is 0 Å². The summed E-state index contributed by atoms with van der Waals surface area (Å²) in [6.45, 7) is 3.47. The molecule has 1 aromatic carbocycles. The van der Waals surface area contributed by atoms with Crippen molar-refractivity contribution in [1.82, 2.24) is 0 Å². The molecule has 0 bridgehead atoms. The third-order valence-electron chi connectivity index (χ3n) is 1.82. The van der Waals surface area contributed by atoms with Crippen molar-refractivity contribution in [1.29, 1.82) is 0 Å². The van der Waals surface area contributed by atoms with Crippen molar-refractivity contribution in [2.75, 3.05) is 0 Å². The quantitative estimate of drug-likeness (QED) is 0.857. The lowest BCUT2D eigenvalue weighted by atomic mass is 10.1. The summed E-state index contributed by atoms with van der Waals surface area (Å²) in [6, 6.07) is 3.36. The SMILES string of the molecule is C=C[C@@H](N)c1ccc(OC(F)(F)F)c(Cl)c1.Cl. The molecule has 0 aliphatic heterocycles. The molecule has 2 nitrogen and oxygen atoms in total. The highest BCUT2D eigenvalue weighted by molar-refractivity contribution is 6.32. The Morgan fingerprint density at radius 2 is 2.00 bits per heavy atom. The zero-order valence-electron chi connectivity index (χ0n) is 8.50. The van der Waals surface area contributed by atoms with Crippen LogP contribution in [0.3, 0.4) is 0 Å². The van der Waals surface area contributed by atoms with E-state index in [1.807, 2.05) is 0 Å². The first-order chi connectivity index (χ1) is 7.33. The predicted octanol–water partition coefficient (Wildman–Crippen LogP) is 3.85. The van der Waals surface area contributed by atoms with Crippen LogP contribution in [0.5, 0.6) is 5.75 Å². The highest BCUT2D eigenvalue weighted by Crippen LogP contribution is 2.31. The molecular weight excluding hydrogens is 278 g/mol. The van der Waals surface area contributed by atoms with Crippen molar-refractivity contribution < 1.29 is 17.9 Å². The first-order valence-corrected chi connectivity index (χ1v) is 4.64. The molecule has 0 unspecified atom stereocenters. The van der Waals surface area contributed by atoms with E-state index in [-0.39, 0.29) is 17.4 Å². The molecular formula is C10H10Cl2F3NO. The summed E-state index contributed by atoms with van der Waals surface area (Å²) in [6.07, 6.45) is -3.30. The first-order valence-electron chi connectivity index (χ1n) is 4.27. The summed E-state index contributed by atoms with van der Waals surface area (Å²) in [4.78, 5) is 0. The van der Waals surface area contributed by atoms with Crippen molar-refractivity contribution in [2.24, 2.45) is 5.73 Å². The second kappa shape index (κ2) is 6.14. The summed E-state index contributed by atoms with van der Waals surface area (Å²) in [7, 11) is 0. The lowest BCUT2D eigenvalue weighted by Gasteiger charge is -2.12. The van der Waals surface area contributed by atoms with E-state index in [4.69, 9.17) is 17.3 Å². The highest BCUT2D eigenvalue weighted by atomic mass is 35.5. The average molecular weight is 288 g/mol. The summed E-state index contributed by atoms with van der Waals surface area (Å²) in [5, 5.41) is -0.146. The van der Waals surface area contributed by atoms with Crippen LogP contribution in [-0.4, -0.2) is 6.36 Å². The van der Waals surface area contributed by atoms with Gasteiger partial charge in [0.1, 0.15) is 5.75 Å². The van der Waals surface area contributed by atoms with E-state index in [0.717, 1.165) is 6.07 Å². The molecule has 0 amide bonds. The van der Waals surface area contributed by atoms with Crippen molar-refractivity contribution in [3.05, 3.63) is 41.4 Å². The van der Waals surface area contributed by atoms with Crippen LogP contribution in [0, 0.1) is 0 Å². The summed E-state index contributed by atoms with van der Waals surface area (Å²) >= 11 is 5.62. The third kappa shape index (κ3) is 4.85. The smallest absolute Gasteiger partial charge is 0.404 e. The van der Waals surface area contributed by atoms with E-state index in [9.17, 15) is 13.2 Å². The molecule has 0 saturated heterocycles. The van der Waals surface area contributed by atoms with E-state index in [1.54, 1.807) is 0 Å². The molecule has 1 rings (SSSR count). The number of rotatable bonds is 3. The van der Waals surface area contributed by atoms with Gasteiger partial charge in [0, 0.05) is 6.04 Å². The lowest BCUT2D eigenvalue weighted by Crippen LogP contribution is -2.17. The van der Waals surface area contributed by atoms with Crippen LogP contribution >= 0.6 is 24.0 Å². The molecule has 0 fully saturated rings. The number of hydrogen-bond donors (Lipinski definition) is 1. The van der Waals surface area contributed by atoms with Gasteiger partial charge in [-0.1, -0.05) is 23.7 Å². The Morgan fingerprint density at radius 1 is 1.41 bits per heavy atom. The van der Waals surface area contributed by atoms with Gasteiger partial charge in [-0.15, -0.1) is 32.2 Å². The van der Waals surface area contributed by atoms with Crippen molar-refractivity contribution >= 4 is 24.0 Å². The Labute approximate surface area is 108 Å². The van der Waals surface area contributed by atoms with E-state index >= 15 is 0 Å². The highest BCUT2D eigenvalue weighted by Gasteiger charge is 2.32. The fraction of sp³-hybridized carbons (Fsp3) is 0.200. The molecule has 0 radical (unpaired) electrons. The van der Waals surface area contributed by atoms with Crippen LogP contribution in [0.15, 0.2) is 30.9 Å². The Bertz CT molecular complexity index is 396. The number of benzene rings is 1. The van der Waals surface area contributed by atoms with Gasteiger partial charge in [-0.25, -0.2) is 0 Å². The van der Waals surface area contributed by atoms with E-state index in [1.165, 1.54) is 18.2 Å². The molecule has 2 N–H and O–H groups in total. The topological polar surface area (TPSA) is 35.2 Å². The van der Waals surface area contributed by atoms with Gasteiger partial charge < -0.3 is 10.5 Å². The number of nitrogens with two attached hydrogens (primary N) is 1. The number of hydrogen-bond acceptors (Lipinski definition) is 2. The summed E-state index contributed by atoms with van der Waals surface area (Å²) in [5.74, 6) is -0.450. The van der Waals surface area contributed by atoms with Gasteiger partial charge in [-0.3, -0.25) is 0 Å². The molecule has 0 spiro atoms. The Balaban J connectivity index is 0.00000256. The zero-order chi connectivity index (χ0) is 12.3. The second-order valence-electron chi connectivity index (χ2n) is 3.00. The van der Waals surface area contributed by atoms with Crippen molar-refractivity contribution in [3.8, 4) is 5.75 Å². The van der Waals surface area contributed by atoms with E-state index in [0.29, 0.717) is 5.56 Å². The zero-order valence-corrected chi connectivity index (χ0v) is 10.1. The van der Waals surface area contributed by atoms with Crippen LogP contribution in [0.25, 0.3) is 0 Å². The largest absolute Gasteiger partial charge is 0.573 e. The monoisotopic (exact) mass is 287 g/mol. The standard InChI is InChI=1S/C10H9ClF3NO.ClH/c1-2-8(15)6-3-4-9(7(11)5-6)16-10(12,13)14;/h2-5,8H,1,15H2;1H/t8-;/m1./s1. The van der Waals surface area contributed by atoms with Gasteiger partial charge in [0.05, 0.1) is 5.02 Å². The number of halogens is 5. The Morgan fingerprint density at radius 3 is 2.41 bits per heavy atom. The van der Waals surface area contributed by atoms with Gasteiger partial charge >= 0.3 is 6.36 Å². The summed E-state index contributed by atoms with van der Waals surface area (Å²) < 4.78 is 39.5. The maximum Gasteiger partial charge on any atom is 0.573 e. The van der Waals surface area contributed by atoms with Crippen molar-refractivity contribution in [3.63, 3.8) is 0 Å². The molecule has 1 aromatic rings. The minimum absolute atomic E-state index is 0. The first kappa shape index (κ1) is 16.1. The predicted molar refractivity (Wildman–Crippen MR) is 62.5 cm³/mol. The van der Waals surface area contributed by atoms with Gasteiger partial charge in [-0.05, 0) is 17.7 Å². The molecule has 96 valence electrons. The molecule has 0 aliphatic rings. The molecule has 1 atom stereocenters. The van der Waals surface area contributed by atoms with E-state index < -0.39 is 18.2 Å². The minimum atomic E-state index is -4.76. The van der Waals surface area contributed by atoms with Crippen LogP contribution in [0.2, 0.25) is 5.02 Å². The maximum atomic E-state index is 11.9. The third-order valence-corrected chi connectivity index (χ3v) is 2.12. The Kier molecular flexibility index (Phi) is 5.81. The van der Waals surface area contributed by atoms with Crippen LogP contribution in [0.1, 0.15) is 11.6 Å². The normalized spacial score (nSPS) is 12.5. The number of alkyl halides is 3. The van der Waals surface area contributed by atoms with Crippen molar-refractivity contribution in [2.45, 2.75) is 12.4 Å². The Hall–Kier alpha value is -0.910. The minimum Gasteiger partial charge on any atom is -0.404 e. The number of ether oxygens (including phenoxy) is 1. The molecule has 0 aliphatic carbocycles. The van der Waals surface area contributed by atoms with Gasteiger partial charge in [0.2, 0.25) is 0 Å². The fourth-order valence-electron chi connectivity index (χ4n) is 1.07. The molecule has 0 heterocycles. The van der Waals surface area contributed by atoms with Gasteiger partial charge in [0.25, 0.3) is 0 Å². The molecule has 0 aromatic heterocycles. The average Bonchev–Trinajstić information content (AvgIpc) is 2.18. The molecule has 17 heavy (non-hydrogen) atoms. The maximum absolute atomic E-state index is 11.9. The summed E-state index contributed by atoms with van der Waals surface area (Å²) in [5.41, 5.74) is 6.17. The second-order valence-corrected chi connectivity index (χ2v) is 3.41. The van der Waals surface area contributed by atoms with Crippen LogP contribution in [-0.2, 0) is 0 Å². The van der Waals surface area contributed by atoms with Gasteiger partial charge in [-0.2, -0.15) is 0 Å². The lowest BCUT2D eigenvalue weighted by molar-refractivity contribution is -0.274. The van der Waals surface area contributed by atoms with E-state index in [2.05, 4.69) is 11.3 Å². The molecule has 0 saturated carbocycles.